The predicted octanol–water partition coefficient (Wildman–Crippen LogP) is 1.97. The Hall–Kier alpha value is -1.32. The Bertz CT molecular complexity index is 503. The number of rotatable bonds is 2. The van der Waals surface area contributed by atoms with Crippen LogP contribution in [0.25, 0.3) is 0 Å². The number of nitrogens with two attached hydrogens (primary N) is 1. The van der Waals surface area contributed by atoms with Crippen LogP contribution in [0.2, 0.25) is 0 Å². The first-order valence-electron chi connectivity index (χ1n) is 5.92. The zero-order valence-electron chi connectivity index (χ0n) is 9.85. The molecule has 88 valence electrons. The van der Waals surface area contributed by atoms with E-state index in [1.165, 1.54) is 24.1 Å². The van der Waals surface area contributed by atoms with Gasteiger partial charge in [-0.05, 0) is 35.7 Å². The number of benzene rings is 1. The Kier molecular flexibility index (Phi) is 2.87. The molecular formula is C14H16NOS+. The summed E-state index contributed by atoms with van der Waals surface area (Å²) in [6.45, 7) is 1.18. The molecule has 0 amide bonds. The average Bonchev–Trinajstić information content (AvgIpc) is 2.87. The lowest BCUT2D eigenvalue weighted by Gasteiger charge is -2.21. The average molecular weight is 246 g/mol. The number of ether oxygens (including phenoxy) is 1. The van der Waals surface area contributed by atoms with Crippen molar-refractivity contribution >= 4 is 11.3 Å². The smallest absolute Gasteiger partial charge is 0.138 e. The molecule has 2 nitrogen and oxygen atoms in total. The van der Waals surface area contributed by atoms with E-state index in [2.05, 4.69) is 28.9 Å². The van der Waals surface area contributed by atoms with Gasteiger partial charge in [0.2, 0.25) is 0 Å². The van der Waals surface area contributed by atoms with Crippen molar-refractivity contribution < 1.29 is 10.1 Å². The molecule has 1 aromatic heterocycles. The fourth-order valence-electron chi connectivity index (χ4n) is 2.47. The van der Waals surface area contributed by atoms with Gasteiger partial charge in [-0.15, -0.1) is 11.3 Å². The van der Waals surface area contributed by atoms with Crippen molar-refractivity contribution in [1.29, 1.82) is 0 Å². The molecule has 1 aliphatic heterocycles. The maximum atomic E-state index is 5.20. The maximum absolute atomic E-state index is 5.20. The van der Waals surface area contributed by atoms with Crippen LogP contribution in [0, 0.1) is 0 Å². The quantitative estimate of drug-likeness (QED) is 0.861. The molecule has 3 heteroatoms. The van der Waals surface area contributed by atoms with Crippen LogP contribution in [0.4, 0.5) is 0 Å². The topological polar surface area (TPSA) is 25.8 Å². The second-order valence-corrected chi connectivity index (χ2v) is 5.32. The third-order valence-electron chi connectivity index (χ3n) is 3.36. The first kappa shape index (κ1) is 10.8. The van der Waals surface area contributed by atoms with Gasteiger partial charge in [-0.2, -0.15) is 0 Å². The summed E-state index contributed by atoms with van der Waals surface area (Å²) in [6, 6.07) is 11.2. The van der Waals surface area contributed by atoms with E-state index in [-0.39, 0.29) is 0 Å². The molecule has 2 aromatic rings. The summed E-state index contributed by atoms with van der Waals surface area (Å²) in [4.78, 5) is 1.55. The molecule has 1 aromatic carbocycles. The molecule has 17 heavy (non-hydrogen) atoms. The number of hydrogen-bond donors (Lipinski definition) is 1. The highest BCUT2D eigenvalue weighted by Crippen LogP contribution is 2.29. The molecule has 3 rings (SSSR count). The van der Waals surface area contributed by atoms with Crippen molar-refractivity contribution in [3.05, 3.63) is 51.7 Å². The fraction of sp³-hybridized carbons (Fsp3) is 0.286. The number of fused-ring (bicyclic) bond motifs is 1. The summed E-state index contributed by atoms with van der Waals surface area (Å²) in [5.41, 5.74) is 2.86. The highest BCUT2D eigenvalue weighted by Gasteiger charge is 2.25. The minimum Gasteiger partial charge on any atom is -0.497 e. The largest absolute Gasteiger partial charge is 0.497 e. The van der Waals surface area contributed by atoms with Gasteiger partial charge in [0.15, 0.2) is 0 Å². The van der Waals surface area contributed by atoms with Crippen molar-refractivity contribution in [3.8, 4) is 5.75 Å². The van der Waals surface area contributed by atoms with E-state index in [0.717, 1.165) is 5.75 Å². The summed E-state index contributed by atoms with van der Waals surface area (Å²) in [5.74, 6) is 0.926. The highest BCUT2D eigenvalue weighted by atomic mass is 32.1. The van der Waals surface area contributed by atoms with Crippen molar-refractivity contribution in [2.75, 3.05) is 13.7 Å². The van der Waals surface area contributed by atoms with Crippen LogP contribution in [0.15, 0.2) is 35.7 Å². The molecule has 0 radical (unpaired) electrons. The summed E-state index contributed by atoms with van der Waals surface area (Å²) < 4.78 is 5.20. The first-order valence-corrected chi connectivity index (χ1v) is 6.80. The summed E-state index contributed by atoms with van der Waals surface area (Å²) in [7, 11) is 1.71. The normalized spacial score (nSPS) is 18.8. The number of thiophene rings is 1. The molecule has 0 saturated heterocycles. The fourth-order valence-corrected chi connectivity index (χ4v) is 3.41. The van der Waals surface area contributed by atoms with E-state index in [4.69, 9.17) is 4.74 Å². The number of quaternary nitrogens is 1. The molecule has 0 bridgehead atoms. The van der Waals surface area contributed by atoms with Gasteiger partial charge >= 0.3 is 0 Å². The summed E-state index contributed by atoms with van der Waals surface area (Å²) in [6.07, 6.45) is 1.21. The number of hydrogen-bond acceptors (Lipinski definition) is 2. The summed E-state index contributed by atoms with van der Waals surface area (Å²) in [5, 5.41) is 4.64. The van der Waals surface area contributed by atoms with Gasteiger partial charge in [0.05, 0.1) is 13.7 Å². The lowest BCUT2D eigenvalue weighted by Crippen LogP contribution is -2.87. The highest BCUT2D eigenvalue weighted by molar-refractivity contribution is 7.10. The van der Waals surface area contributed by atoms with Gasteiger partial charge in [-0.1, -0.05) is 0 Å². The predicted molar refractivity (Wildman–Crippen MR) is 69.7 cm³/mol. The van der Waals surface area contributed by atoms with Crippen LogP contribution >= 0.6 is 11.3 Å². The zero-order chi connectivity index (χ0) is 11.7. The Morgan fingerprint density at radius 1 is 1.24 bits per heavy atom. The minimum absolute atomic E-state index is 0.468. The molecule has 2 N–H and O–H groups in total. The second kappa shape index (κ2) is 4.51. The van der Waals surface area contributed by atoms with E-state index in [1.54, 1.807) is 12.0 Å². The molecule has 0 saturated carbocycles. The van der Waals surface area contributed by atoms with Crippen LogP contribution in [-0.2, 0) is 6.42 Å². The van der Waals surface area contributed by atoms with Crippen LogP contribution in [0.3, 0.4) is 0 Å². The summed E-state index contributed by atoms with van der Waals surface area (Å²) >= 11 is 1.89. The van der Waals surface area contributed by atoms with Gasteiger partial charge in [0, 0.05) is 22.4 Å². The van der Waals surface area contributed by atoms with Gasteiger partial charge < -0.3 is 10.1 Å². The number of methoxy groups -OCH3 is 1. The molecule has 0 aliphatic carbocycles. The molecule has 1 aliphatic rings. The van der Waals surface area contributed by atoms with Gasteiger partial charge in [-0.25, -0.2) is 0 Å². The zero-order valence-corrected chi connectivity index (χ0v) is 10.7. The Morgan fingerprint density at radius 3 is 2.82 bits per heavy atom. The van der Waals surface area contributed by atoms with Crippen molar-refractivity contribution in [2.45, 2.75) is 12.5 Å². The third kappa shape index (κ3) is 1.96. The van der Waals surface area contributed by atoms with E-state index < -0.39 is 0 Å². The lowest BCUT2D eigenvalue weighted by atomic mass is 9.95. The molecule has 0 fully saturated rings. The second-order valence-electron chi connectivity index (χ2n) is 4.32. The maximum Gasteiger partial charge on any atom is 0.138 e. The molecule has 0 spiro atoms. The van der Waals surface area contributed by atoms with Crippen LogP contribution in [0.5, 0.6) is 5.75 Å². The van der Waals surface area contributed by atoms with E-state index >= 15 is 0 Å². The molecule has 1 atom stereocenters. The van der Waals surface area contributed by atoms with Crippen molar-refractivity contribution in [1.82, 2.24) is 0 Å². The molecule has 2 heterocycles. The third-order valence-corrected chi connectivity index (χ3v) is 4.36. The molecule has 0 unspecified atom stereocenters. The van der Waals surface area contributed by atoms with Gasteiger partial charge in [0.1, 0.15) is 11.8 Å². The standard InChI is InChI=1S/C14H15NOS/c1-16-11-4-2-10(3-5-11)14-12-7-9-17-13(12)6-8-15-14/h2-5,7,9,14-15H,6,8H2,1H3/p+1/t14-/m0/s1. The lowest BCUT2D eigenvalue weighted by molar-refractivity contribution is -0.689. The first-order chi connectivity index (χ1) is 8.38. The van der Waals surface area contributed by atoms with E-state index in [0.29, 0.717) is 6.04 Å². The van der Waals surface area contributed by atoms with Gasteiger partial charge in [0.25, 0.3) is 0 Å². The van der Waals surface area contributed by atoms with Crippen molar-refractivity contribution in [2.24, 2.45) is 0 Å². The Morgan fingerprint density at radius 2 is 2.06 bits per heavy atom. The Labute approximate surface area is 105 Å². The van der Waals surface area contributed by atoms with Crippen LogP contribution < -0.4 is 10.1 Å². The van der Waals surface area contributed by atoms with Crippen LogP contribution in [-0.4, -0.2) is 13.7 Å². The van der Waals surface area contributed by atoms with E-state index in [9.17, 15) is 0 Å². The molecular weight excluding hydrogens is 230 g/mol. The van der Waals surface area contributed by atoms with Crippen LogP contribution in [0.1, 0.15) is 22.0 Å². The van der Waals surface area contributed by atoms with Gasteiger partial charge in [-0.3, -0.25) is 0 Å². The Balaban J connectivity index is 1.95. The SMILES string of the molecule is COc1ccc([C@@H]2[NH2+]CCc3sccc32)cc1. The van der Waals surface area contributed by atoms with E-state index in [1.807, 2.05) is 23.5 Å². The van der Waals surface area contributed by atoms with Crippen molar-refractivity contribution in [3.63, 3.8) is 0 Å². The monoisotopic (exact) mass is 246 g/mol. The minimum atomic E-state index is 0.468.